The van der Waals surface area contributed by atoms with Crippen molar-refractivity contribution in [1.29, 1.82) is 0 Å². The molecule has 6 nitrogen and oxygen atoms in total. The zero-order valence-corrected chi connectivity index (χ0v) is 15.9. The fourth-order valence-electron chi connectivity index (χ4n) is 2.77. The summed E-state index contributed by atoms with van der Waals surface area (Å²) >= 11 is 0. The van der Waals surface area contributed by atoms with Gasteiger partial charge in [0.25, 0.3) is 0 Å². The molecule has 0 N–H and O–H groups in total. The van der Waals surface area contributed by atoms with Crippen LogP contribution in [0, 0.1) is 5.92 Å². The first kappa shape index (κ1) is 19.6. The summed E-state index contributed by atoms with van der Waals surface area (Å²) < 4.78 is 26.9. The van der Waals surface area contributed by atoms with Gasteiger partial charge in [0.1, 0.15) is 0 Å². The fourth-order valence-corrected chi connectivity index (χ4v) is 4.24. The molecule has 0 radical (unpaired) electrons. The first-order valence-corrected chi connectivity index (χ1v) is 10.0. The van der Waals surface area contributed by atoms with E-state index < -0.39 is 10.0 Å². The van der Waals surface area contributed by atoms with E-state index >= 15 is 0 Å². The van der Waals surface area contributed by atoms with Gasteiger partial charge in [-0.15, -0.1) is 0 Å². The highest BCUT2D eigenvalue weighted by atomic mass is 32.2. The SMILES string of the molecule is CC(=O)c1cccc(S(=O)(=O)N2CCN(C(=O)CCC(C)C)CC2)c1. The lowest BCUT2D eigenvalue weighted by atomic mass is 10.1. The van der Waals surface area contributed by atoms with E-state index in [9.17, 15) is 18.0 Å². The third-order valence-electron chi connectivity index (χ3n) is 4.41. The molecule has 1 aliphatic heterocycles. The molecule has 1 amide bonds. The van der Waals surface area contributed by atoms with E-state index in [1.807, 2.05) is 0 Å². The van der Waals surface area contributed by atoms with Crippen molar-refractivity contribution < 1.29 is 18.0 Å². The van der Waals surface area contributed by atoms with Crippen molar-refractivity contribution in [1.82, 2.24) is 9.21 Å². The van der Waals surface area contributed by atoms with Crippen LogP contribution in [0.4, 0.5) is 0 Å². The lowest BCUT2D eigenvalue weighted by molar-refractivity contribution is -0.132. The van der Waals surface area contributed by atoms with Gasteiger partial charge >= 0.3 is 0 Å². The van der Waals surface area contributed by atoms with Crippen molar-refractivity contribution in [3.8, 4) is 0 Å². The number of benzene rings is 1. The number of sulfonamides is 1. The van der Waals surface area contributed by atoms with Crippen LogP contribution in [0.2, 0.25) is 0 Å². The first-order chi connectivity index (χ1) is 11.7. The molecule has 1 aromatic carbocycles. The number of nitrogens with zero attached hydrogens (tertiary/aromatic N) is 2. The second-order valence-electron chi connectivity index (χ2n) is 6.80. The monoisotopic (exact) mass is 366 g/mol. The highest BCUT2D eigenvalue weighted by Crippen LogP contribution is 2.19. The summed E-state index contributed by atoms with van der Waals surface area (Å²) in [5, 5.41) is 0. The summed E-state index contributed by atoms with van der Waals surface area (Å²) in [4.78, 5) is 25.5. The highest BCUT2D eigenvalue weighted by molar-refractivity contribution is 7.89. The molecule has 7 heteroatoms. The zero-order valence-electron chi connectivity index (χ0n) is 15.1. The summed E-state index contributed by atoms with van der Waals surface area (Å²) in [5.74, 6) is 0.390. The highest BCUT2D eigenvalue weighted by Gasteiger charge is 2.30. The topological polar surface area (TPSA) is 74.8 Å². The van der Waals surface area contributed by atoms with E-state index in [1.54, 1.807) is 17.0 Å². The Morgan fingerprint density at radius 3 is 2.32 bits per heavy atom. The molecule has 1 aliphatic rings. The Balaban J connectivity index is 2.03. The van der Waals surface area contributed by atoms with Crippen molar-refractivity contribution in [3.63, 3.8) is 0 Å². The maximum absolute atomic E-state index is 12.8. The minimum absolute atomic E-state index is 0.0873. The van der Waals surface area contributed by atoms with E-state index in [1.165, 1.54) is 23.4 Å². The minimum atomic E-state index is -3.65. The number of piperazine rings is 1. The average Bonchev–Trinajstić information content (AvgIpc) is 2.59. The van der Waals surface area contributed by atoms with Crippen LogP contribution < -0.4 is 0 Å². The van der Waals surface area contributed by atoms with Gasteiger partial charge in [-0.3, -0.25) is 9.59 Å². The minimum Gasteiger partial charge on any atom is -0.340 e. The molecule has 0 spiro atoms. The van der Waals surface area contributed by atoms with Gasteiger partial charge in [-0.2, -0.15) is 4.31 Å². The van der Waals surface area contributed by atoms with Gasteiger partial charge in [0.2, 0.25) is 15.9 Å². The van der Waals surface area contributed by atoms with E-state index in [0.29, 0.717) is 31.0 Å². The molecule has 138 valence electrons. The summed E-state index contributed by atoms with van der Waals surface area (Å²) in [7, 11) is -3.65. The van der Waals surface area contributed by atoms with Crippen molar-refractivity contribution in [2.45, 2.75) is 38.5 Å². The quantitative estimate of drug-likeness (QED) is 0.723. The predicted molar refractivity (Wildman–Crippen MR) is 95.9 cm³/mol. The lowest BCUT2D eigenvalue weighted by Gasteiger charge is -2.34. The largest absolute Gasteiger partial charge is 0.340 e. The summed E-state index contributed by atoms with van der Waals surface area (Å²) in [6.45, 7) is 6.93. The number of Topliss-reactive ketones (excluding diaryl/α,β-unsaturated/α-hetero) is 1. The molecule has 0 atom stereocenters. The zero-order chi connectivity index (χ0) is 18.6. The number of hydrogen-bond donors (Lipinski definition) is 0. The second-order valence-corrected chi connectivity index (χ2v) is 8.74. The summed E-state index contributed by atoms with van der Waals surface area (Å²) in [5.41, 5.74) is 0.378. The van der Waals surface area contributed by atoms with Crippen LogP contribution in [-0.4, -0.2) is 55.5 Å². The van der Waals surface area contributed by atoms with E-state index in [0.717, 1.165) is 6.42 Å². The number of amides is 1. The Morgan fingerprint density at radius 1 is 1.12 bits per heavy atom. The number of rotatable bonds is 6. The van der Waals surface area contributed by atoms with Gasteiger partial charge in [-0.1, -0.05) is 26.0 Å². The smallest absolute Gasteiger partial charge is 0.243 e. The Hall–Kier alpha value is -1.73. The maximum Gasteiger partial charge on any atom is 0.243 e. The van der Waals surface area contributed by atoms with Crippen LogP contribution in [-0.2, 0) is 14.8 Å². The Kier molecular flexibility index (Phi) is 6.35. The normalized spacial score (nSPS) is 16.2. The molecule has 0 bridgehead atoms. The van der Waals surface area contributed by atoms with Crippen LogP contribution in [0.25, 0.3) is 0 Å². The molecular weight excluding hydrogens is 340 g/mol. The van der Waals surface area contributed by atoms with Gasteiger partial charge < -0.3 is 4.90 Å². The molecule has 0 saturated carbocycles. The van der Waals surface area contributed by atoms with Crippen LogP contribution in [0.1, 0.15) is 44.0 Å². The van der Waals surface area contributed by atoms with Gasteiger partial charge in [0.15, 0.2) is 5.78 Å². The molecule has 0 aliphatic carbocycles. The molecule has 1 aromatic rings. The second kappa shape index (κ2) is 8.10. The third kappa shape index (κ3) is 4.89. The summed E-state index contributed by atoms with van der Waals surface area (Å²) in [6.07, 6.45) is 1.35. The standard InChI is InChI=1S/C18H26N2O4S/c1-14(2)7-8-18(22)19-9-11-20(12-10-19)25(23,24)17-6-4-5-16(13-17)15(3)21/h4-6,13-14H,7-12H2,1-3H3. The van der Waals surface area contributed by atoms with Crippen LogP contribution >= 0.6 is 0 Å². The molecule has 1 saturated heterocycles. The molecular formula is C18H26N2O4S. The molecule has 2 rings (SSSR count). The van der Waals surface area contributed by atoms with Gasteiger partial charge in [-0.05, 0) is 31.4 Å². The Bertz CT molecular complexity index is 735. The number of carbonyl (C=O) groups is 2. The maximum atomic E-state index is 12.8. The van der Waals surface area contributed by atoms with Crippen LogP contribution in [0.3, 0.4) is 0 Å². The van der Waals surface area contributed by atoms with E-state index in [2.05, 4.69) is 13.8 Å². The van der Waals surface area contributed by atoms with E-state index in [4.69, 9.17) is 0 Å². The number of hydrogen-bond acceptors (Lipinski definition) is 4. The molecule has 1 fully saturated rings. The van der Waals surface area contributed by atoms with E-state index in [-0.39, 0.29) is 29.7 Å². The average molecular weight is 366 g/mol. The third-order valence-corrected chi connectivity index (χ3v) is 6.30. The molecule has 25 heavy (non-hydrogen) atoms. The molecule has 0 unspecified atom stereocenters. The van der Waals surface area contributed by atoms with Crippen molar-refractivity contribution >= 4 is 21.7 Å². The number of carbonyl (C=O) groups excluding carboxylic acids is 2. The van der Waals surface area contributed by atoms with Gasteiger partial charge in [0, 0.05) is 38.2 Å². The van der Waals surface area contributed by atoms with Crippen LogP contribution in [0.15, 0.2) is 29.2 Å². The Labute approximate surface area is 149 Å². The lowest BCUT2D eigenvalue weighted by Crippen LogP contribution is -2.50. The first-order valence-electron chi connectivity index (χ1n) is 8.60. The number of ketones is 1. The van der Waals surface area contributed by atoms with Crippen molar-refractivity contribution in [3.05, 3.63) is 29.8 Å². The van der Waals surface area contributed by atoms with Crippen LogP contribution in [0.5, 0.6) is 0 Å². The van der Waals surface area contributed by atoms with Crippen molar-refractivity contribution in [2.75, 3.05) is 26.2 Å². The Morgan fingerprint density at radius 2 is 1.76 bits per heavy atom. The molecule has 1 heterocycles. The predicted octanol–water partition coefficient (Wildman–Crippen LogP) is 2.16. The fraction of sp³-hybridized carbons (Fsp3) is 0.556. The van der Waals surface area contributed by atoms with Gasteiger partial charge in [0.05, 0.1) is 4.90 Å². The summed E-state index contributed by atoms with van der Waals surface area (Å²) in [6, 6.07) is 6.10. The van der Waals surface area contributed by atoms with Gasteiger partial charge in [-0.25, -0.2) is 8.42 Å². The molecule has 0 aromatic heterocycles. The van der Waals surface area contributed by atoms with Crippen molar-refractivity contribution in [2.24, 2.45) is 5.92 Å².